The minimum atomic E-state index is -0.330. The van der Waals surface area contributed by atoms with E-state index in [-0.39, 0.29) is 11.7 Å². The molecule has 0 bridgehead atoms. The van der Waals surface area contributed by atoms with Crippen LogP contribution >= 0.6 is 0 Å². The van der Waals surface area contributed by atoms with Gasteiger partial charge in [-0.3, -0.25) is 4.79 Å². The van der Waals surface area contributed by atoms with Gasteiger partial charge in [-0.1, -0.05) is 30.3 Å². The van der Waals surface area contributed by atoms with Gasteiger partial charge in [0, 0.05) is 42.3 Å². The summed E-state index contributed by atoms with van der Waals surface area (Å²) in [5, 5.41) is 3.47. The first kappa shape index (κ1) is 21.6. The summed E-state index contributed by atoms with van der Waals surface area (Å²) in [5.74, 6) is 3.10. The number of allylic oxidation sites excluding steroid dienone is 2. The van der Waals surface area contributed by atoms with Gasteiger partial charge < -0.3 is 20.7 Å². The lowest BCUT2D eigenvalue weighted by atomic mass is 9.76. The number of nitrogens with one attached hydrogen (secondary N) is 1. The number of hydrogen-bond acceptors (Lipinski definition) is 7. The highest BCUT2D eigenvalue weighted by Gasteiger charge is 2.38. The number of ether oxygens (including phenoxy) is 1. The fraction of sp³-hybridized carbons (Fsp3) is 0.321. The number of carbonyl (C=O) groups excluding carboxylic acids is 1. The summed E-state index contributed by atoms with van der Waals surface area (Å²) in [6.45, 7) is 1.87. The molecule has 0 amide bonds. The van der Waals surface area contributed by atoms with E-state index >= 15 is 0 Å². The van der Waals surface area contributed by atoms with E-state index in [0.29, 0.717) is 29.8 Å². The predicted molar refractivity (Wildman–Crippen MR) is 137 cm³/mol. The van der Waals surface area contributed by atoms with Crippen LogP contribution in [0.25, 0.3) is 0 Å². The number of nitrogens with zero attached hydrogens (tertiary/aromatic N) is 3. The van der Waals surface area contributed by atoms with Gasteiger partial charge in [0.15, 0.2) is 5.78 Å². The Morgan fingerprint density at radius 3 is 2.54 bits per heavy atom. The second-order valence-corrected chi connectivity index (χ2v) is 9.43. The van der Waals surface area contributed by atoms with Gasteiger partial charge in [0.2, 0.25) is 5.95 Å². The van der Waals surface area contributed by atoms with Gasteiger partial charge in [0.25, 0.3) is 0 Å². The molecule has 0 spiro atoms. The molecule has 178 valence electrons. The second kappa shape index (κ2) is 9.06. The highest BCUT2D eigenvalue weighted by atomic mass is 16.5. The molecule has 0 unspecified atom stereocenters. The van der Waals surface area contributed by atoms with Crippen molar-refractivity contribution in [1.29, 1.82) is 0 Å². The third-order valence-corrected chi connectivity index (χ3v) is 7.08. The van der Waals surface area contributed by atoms with Crippen molar-refractivity contribution in [3.63, 3.8) is 0 Å². The van der Waals surface area contributed by atoms with Crippen molar-refractivity contribution in [3.05, 3.63) is 77.0 Å². The van der Waals surface area contributed by atoms with Gasteiger partial charge >= 0.3 is 0 Å². The Morgan fingerprint density at radius 2 is 1.71 bits per heavy atom. The van der Waals surface area contributed by atoms with Crippen LogP contribution in [0.3, 0.4) is 0 Å². The predicted octanol–water partition coefficient (Wildman–Crippen LogP) is 5.41. The first-order valence-corrected chi connectivity index (χ1v) is 12.5. The van der Waals surface area contributed by atoms with Crippen LogP contribution in [0.1, 0.15) is 55.6 Å². The van der Waals surface area contributed by atoms with Gasteiger partial charge in [-0.15, -0.1) is 0 Å². The maximum Gasteiger partial charge on any atom is 0.229 e. The van der Waals surface area contributed by atoms with Crippen molar-refractivity contribution in [3.8, 4) is 11.5 Å². The molecule has 7 heteroatoms. The Morgan fingerprint density at radius 1 is 0.914 bits per heavy atom. The molecule has 2 aliphatic heterocycles. The Labute approximate surface area is 205 Å². The van der Waals surface area contributed by atoms with Gasteiger partial charge in [-0.25, -0.2) is 0 Å². The molecule has 1 fully saturated rings. The average molecular weight is 468 g/mol. The number of fused-ring (bicyclic) bond motifs is 1. The molecule has 3 N–H and O–H groups in total. The van der Waals surface area contributed by atoms with Crippen molar-refractivity contribution in [2.24, 2.45) is 0 Å². The van der Waals surface area contributed by atoms with Crippen LogP contribution in [-0.2, 0) is 4.79 Å². The van der Waals surface area contributed by atoms with Crippen LogP contribution in [0.5, 0.6) is 11.5 Å². The van der Waals surface area contributed by atoms with E-state index < -0.39 is 0 Å². The average Bonchev–Trinajstić information content (AvgIpc) is 2.89. The third kappa shape index (κ3) is 4.11. The number of Topliss-reactive ketones (excluding diaryl/α,β-unsaturated/α-hetero) is 1. The quantitative estimate of drug-likeness (QED) is 0.530. The molecular weight excluding hydrogens is 438 g/mol. The Hall–Kier alpha value is -3.87. The Balaban J connectivity index is 1.44. The number of anilines is 3. The van der Waals surface area contributed by atoms with E-state index in [1.165, 1.54) is 6.42 Å². The summed E-state index contributed by atoms with van der Waals surface area (Å²) < 4.78 is 6.10. The maximum absolute atomic E-state index is 13.2. The summed E-state index contributed by atoms with van der Waals surface area (Å²) in [7, 11) is 0. The van der Waals surface area contributed by atoms with Crippen LogP contribution in [0.2, 0.25) is 0 Å². The number of nitrogens with two attached hydrogens (primary N) is 1. The second-order valence-electron chi connectivity index (χ2n) is 9.43. The highest BCUT2D eigenvalue weighted by Crippen LogP contribution is 2.47. The standard InChI is InChI=1S/C28H29N5O2/c29-26-25-23(18-9-7-12-20(17-18)35-19-10-3-1-4-11-19)24-21(13-8-14-22(24)34)30-27(25)32-28(31-26)33-15-5-2-6-16-33/h1,3-4,7,9-12,17,23H,2,5-6,8,13-16H2,(H3,29,30,31,32)/t23-/m0/s1. The van der Waals surface area contributed by atoms with Gasteiger partial charge in [-0.05, 0) is 61.9 Å². The first-order valence-electron chi connectivity index (χ1n) is 12.5. The number of carbonyl (C=O) groups is 1. The molecule has 3 aliphatic rings. The molecule has 1 saturated heterocycles. The number of ketones is 1. The van der Waals surface area contributed by atoms with Crippen molar-refractivity contribution in [2.75, 3.05) is 29.0 Å². The largest absolute Gasteiger partial charge is 0.457 e. The number of nitrogen functional groups attached to an aromatic ring is 1. The van der Waals surface area contributed by atoms with E-state index in [0.717, 1.165) is 66.9 Å². The number of aromatic nitrogens is 2. The lowest BCUT2D eigenvalue weighted by molar-refractivity contribution is -0.116. The van der Waals surface area contributed by atoms with Gasteiger partial charge in [-0.2, -0.15) is 9.97 Å². The van der Waals surface area contributed by atoms with Crippen molar-refractivity contribution in [2.45, 2.75) is 44.4 Å². The van der Waals surface area contributed by atoms with Crippen molar-refractivity contribution >= 4 is 23.4 Å². The molecule has 6 rings (SSSR count). The van der Waals surface area contributed by atoms with E-state index in [2.05, 4.69) is 10.2 Å². The monoisotopic (exact) mass is 467 g/mol. The first-order chi connectivity index (χ1) is 17.2. The zero-order chi connectivity index (χ0) is 23.8. The van der Waals surface area contributed by atoms with Crippen LogP contribution in [-0.4, -0.2) is 28.8 Å². The number of hydrogen-bond donors (Lipinski definition) is 2. The van der Waals surface area contributed by atoms with E-state index in [4.69, 9.17) is 20.4 Å². The Bertz CT molecular complexity index is 1300. The summed E-state index contributed by atoms with van der Waals surface area (Å²) >= 11 is 0. The lowest BCUT2D eigenvalue weighted by Crippen LogP contribution is -2.33. The van der Waals surface area contributed by atoms with Gasteiger partial charge in [0.05, 0.1) is 0 Å². The molecule has 2 aromatic carbocycles. The number of rotatable bonds is 4. The zero-order valence-corrected chi connectivity index (χ0v) is 19.7. The topological polar surface area (TPSA) is 93.4 Å². The van der Waals surface area contributed by atoms with E-state index in [9.17, 15) is 4.79 Å². The molecule has 35 heavy (non-hydrogen) atoms. The normalized spacial score (nSPS) is 19.6. The minimum absolute atomic E-state index is 0.156. The summed E-state index contributed by atoms with van der Waals surface area (Å²) in [4.78, 5) is 25.1. The molecule has 1 atom stereocenters. The third-order valence-electron chi connectivity index (χ3n) is 7.08. The van der Waals surface area contributed by atoms with Crippen molar-refractivity contribution in [1.82, 2.24) is 9.97 Å². The molecule has 0 radical (unpaired) electrons. The fourth-order valence-electron chi connectivity index (χ4n) is 5.42. The summed E-state index contributed by atoms with van der Waals surface area (Å²) in [6, 6.07) is 17.6. The molecule has 1 aromatic heterocycles. The number of benzene rings is 2. The molecule has 3 heterocycles. The van der Waals surface area contributed by atoms with E-state index in [1.54, 1.807) is 0 Å². The number of para-hydroxylation sites is 1. The van der Waals surface area contributed by atoms with Crippen molar-refractivity contribution < 1.29 is 9.53 Å². The molecule has 1 aliphatic carbocycles. The van der Waals surface area contributed by atoms with Crippen LogP contribution in [0, 0.1) is 0 Å². The summed E-state index contributed by atoms with van der Waals surface area (Å²) in [5.41, 5.74) is 10.1. The van der Waals surface area contributed by atoms with Crippen LogP contribution in [0.15, 0.2) is 65.9 Å². The minimum Gasteiger partial charge on any atom is -0.457 e. The highest BCUT2D eigenvalue weighted by molar-refractivity contribution is 6.01. The molecular formula is C28H29N5O2. The zero-order valence-electron chi connectivity index (χ0n) is 19.7. The smallest absolute Gasteiger partial charge is 0.229 e. The lowest BCUT2D eigenvalue weighted by Gasteiger charge is -2.35. The Kier molecular flexibility index (Phi) is 5.60. The molecule has 3 aromatic rings. The van der Waals surface area contributed by atoms with Crippen LogP contribution < -0.4 is 20.7 Å². The number of piperidine rings is 1. The molecule has 7 nitrogen and oxygen atoms in total. The van der Waals surface area contributed by atoms with Crippen LogP contribution in [0.4, 0.5) is 17.6 Å². The SMILES string of the molecule is Nc1nc(N2CCCCC2)nc2c1[C@@H](c1cccc(Oc3ccccc3)c1)C1=C(CCCC1=O)N2. The summed E-state index contributed by atoms with van der Waals surface area (Å²) in [6.07, 6.45) is 5.70. The van der Waals surface area contributed by atoms with E-state index in [1.807, 2.05) is 54.6 Å². The van der Waals surface area contributed by atoms with Gasteiger partial charge in [0.1, 0.15) is 23.1 Å². The molecule has 0 saturated carbocycles. The fourth-order valence-corrected chi connectivity index (χ4v) is 5.42. The maximum atomic E-state index is 13.2.